The van der Waals surface area contributed by atoms with Crippen LogP contribution in [-0.4, -0.2) is 11.6 Å². The standard InChI is InChI=1S/C6H8NO/c1-2-8-6-4-3-5-7-6/h3,5,7H,2H2,1H3. The van der Waals surface area contributed by atoms with E-state index in [4.69, 9.17) is 4.74 Å². The Morgan fingerprint density at radius 1 is 1.88 bits per heavy atom. The molecule has 1 aromatic rings. The zero-order valence-corrected chi connectivity index (χ0v) is 4.77. The molecule has 0 saturated carbocycles. The molecule has 43 valence electrons. The molecule has 1 rings (SSSR count). The van der Waals surface area contributed by atoms with Crippen molar-refractivity contribution in [1.29, 1.82) is 0 Å². The lowest BCUT2D eigenvalue weighted by Gasteiger charge is -1.94. The van der Waals surface area contributed by atoms with Crippen molar-refractivity contribution in [2.24, 2.45) is 0 Å². The molecule has 1 N–H and O–H groups in total. The summed E-state index contributed by atoms with van der Waals surface area (Å²) in [7, 11) is 0. The van der Waals surface area contributed by atoms with E-state index in [9.17, 15) is 0 Å². The van der Waals surface area contributed by atoms with Crippen LogP contribution < -0.4 is 4.74 Å². The van der Waals surface area contributed by atoms with Crippen LogP contribution in [0, 0.1) is 6.07 Å². The van der Waals surface area contributed by atoms with Crippen LogP contribution in [0.15, 0.2) is 12.3 Å². The summed E-state index contributed by atoms with van der Waals surface area (Å²) in [5.74, 6) is 0.715. The van der Waals surface area contributed by atoms with Gasteiger partial charge in [0.2, 0.25) is 0 Å². The van der Waals surface area contributed by atoms with E-state index in [-0.39, 0.29) is 0 Å². The zero-order chi connectivity index (χ0) is 5.82. The van der Waals surface area contributed by atoms with Gasteiger partial charge in [0, 0.05) is 12.3 Å². The summed E-state index contributed by atoms with van der Waals surface area (Å²) in [4.78, 5) is 2.86. The molecule has 0 bridgehead atoms. The third kappa shape index (κ3) is 1.03. The fourth-order valence-electron chi connectivity index (χ4n) is 0.504. The number of nitrogens with one attached hydrogen (secondary N) is 1. The van der Waals surface area contributed by atoms with Gasteiger partial charge in [0.1, 0.15) is 0 Å². The van der Waals surface area contributed by atoms with E-state index in [0.717, 1.165) is 0 Å². The molecule has 8 heavy (non-hydrogen) atoms. The SMILES string of the molecule is CCOc1[c]cc[nH]1. The molecule has 0 aliphatic carbocycles. The van der Waals surface area contributed by atoms with Crippen molar-refractivity contribution >= 4 is 0 Å². The Balaban J connectivity index is 2.50. The minimum absolute atomic E-state index is 0.691. The second-order valence-corrected chi connectivity index (χ2v) is 1.38. The maximum atomic E-state index is 5.03. The van der Waals surface area contributed by atoms with Gasteiger partial charge in [0.05, 0.1) is 6.61 Å². The van der Waals surface area contributed by atoms with Crippen LogP contribution in [0.3, 0.4) is 0 Å². The van der Waals surface area contributed by atoms with E-state index in [1.165, 1.54) is 0 Å². The number of aromatic amines is 1. The highest BCUT2D eigenvalue weighted by atomic mass is 16.5. The Morgan fingerprint density at radius 3 is 3.25 bits per heavy atom. The van der Waals surface area contributed by atoms with E-state index in [0.29, 0.717) is 12.5 Å². The molecule has 0 amide bonds. The van der Waals surface area contributed by atoms with Gasteiger partial charge in [0.25, 0.3) is 0 Å². The number of ether oxygens (including phenoxy) is 1. The number of aromatic nitrogens is 1. The maximum Gasteiger partial charge on any atom is 0.199 e. The molecule has 0 spiro atoms. The Kier molecular flexibility index (Phi) is 1.57. The molecule has 0 aliphatic heterocycles. The van der Waals surface area contributed by atoms with Crippen molar-refractivity contribution in [1.82, 2.24) is 4.98 Å². The minimum atomic E-state index is 0.691. The largest absolute Gasteiger partial charge is 0.479 e. The van der Waals surface area contributed by atoms with Crippen LogP contribution >= 0.6 is 0 Å². The van der Waals surface area contributed by atoms with Crippen LogP contribution in [0.1, 0.15) is 6.92 Å². The minimum Gasteiger partial charge on any atom is -0.479 e. The first-order chi connectivity index (χ1) is 3.93. The van der Waals surface area contributed by atoms with Crippen molar-refractivity contribution in [3.63, 3.8) is 0 Å². The third-order valence-electron chi connectivity index (χ3n) is 0.801. The van der Waals surface area contributed by atoms with Crippen molar-refractivity contribution in [2.45, 2.75) is 6.92 Å². The van der Waals surface area contributed by atoms with Crippen molar-refractivity contribution in [2.75, 3.05) is 6.61 Å². The van der Waals surface area contributed by atoms with E-state index in [1.54, 1.807) is 12.3 Å². The van der Waals surface area contributed by atoms with E-state index in [2.05, 4.69) is 11.1 Å². The fourth-order valence-corrected chi connectivity index (χ4v) is 0.504. The molecule has 1 radical (unpaired) electrons. The first kappa shape index (κ1) is 5.22. The molecule has 0 atom stereocenters. The van der Waals surface area contributed by atoms with Crippen LogP contribution in [0.25, 0.3) is 0 Å². The summed E-state index contributed by atoms with van der Waals surface area (Å²) >= 11 is 0. The van der Waals surface area contributed by atoms with Gasteiger partial charge in [-0.05, 0) is 13.0 Å². The van der Waals surface area contributed by atoms with Gasteiger partial charge in [-0.3, -0.25) is 0 Å². The Hall–Kier alpha value is -0.920. The molecule has 0 saturated heterocycles. The highest BCUT2D eigenvalue weighted by Gasteiger charge is 1.86. The zero-order valence-electron chi connectivity index (χ0n) is 4.77. The second-order valence-electron chi connectivity index (χ2n) is 1.38. The molecular weight excluding hydrogens is 102 g/mol. The highest BCUT2D eigenvalue weighted by molar-refractivity contribution is 5.06. The van der Waals surface area contributed by atoms with E-state index < -0.39 is 0 Å². The molecule has 0 unspecified atom stereocenters. The van der Waals surface area contributed by atoms with Gasteiger partial charge < -0.3 is 9.72 Å². The van der Waals surface area contributed by atoms with Gasteiger partial charge >= 0.3 is 0 Å². The van der Waals surface area contributed by atoms with Crippen LogP contribution in [0.4, 0.5) is 0 Å². The van der Waals surface area contributed by atoms with Gasteiger partial charge in [0.15, 0.2) is 5.88 Å². The lowest BCUT2D eigenvalue weighted by atomic mass is 10.6. The quantitative estimate of drug-likeness (QED) is 0.608. The molecule has 2 nitrogen and oxygen atoms in total. The predicted molar refractivity (Wildman–Crippen MR) is 30.8 cm³/mol. The number of hydrogen-bond donors (Lipinski definition) is 1. The lowest BCUT2D eigenvalue weighted by Crippen LogP contribution is -1.89. The average Bonchev–Trinajstić information content (AvgIpc) is 2.19. The Morgan fingerprint density at radius 2 is 2.75 bits per heavy atom. The highest BCUT2D eigenvalue weighted by Crippen LogP contribution is 2.01. The van der Waals surface area contributed by atoms with Gasteiger partial charge in [-0.15, -0.1) is 0 Å². The van der Waals surface area contributed by atoms with Crippen LogP contribution in [0.5, 0.6) is 5.88 Å². The summed E-state index contributed by atoms with van der Waals surface area (Å²) < 4.78 is 5.03. The van der Waals surface area contributed by atoms with Crippen LogP contribution in [-0.2, 0) is 0 Å². The van der Waals surface area contributed by atoms with E-state index >= 15 is 0 Å². The summed E-state index contributed by atoms with van der Waals surface area (Å²) in [6, 6.07) is 4.64. The molecule has 0 aliphatic rings. The second kappa shape index (κ2) is 2.40. The Labute approximate surface area is 48.5 Å². The monoisotopic (exact) mass is 110 g/mol. The normalized spacial score (nSPS) is 9.12. The van der Waals surface area contributed by atoms with Crippen molar-refractivity contribution in [3.8, 4) is 5.88 Å². The van der Waals surface area contributed by atoms with E-state index in [1.807, 2.05) is 6.92 Å². The summed E-state index contributed by atoms with van der Waals surface area (Å²) in [5.41, 5.74) is 0. The molecule has 0 fully saturated rings. The van der Waals surface area contributed by atoms with Gasteiger partial charge in [-0.25, -0.2) is 0 Å². The summed E-state index contributed by atoms with van der Waals surface area (Å²) in [6.45, 7) is 2.63. The molecule has 1 heterocycles. The number of hydrogen-bond acceptors (Lipinski definition) is 1. The molecule has 0 aromatic carbocycles. The predicted octanol–water partition coefficient (Wildman–Crippen LogP) is 1.21. The summed E-state index contributed by atoms with van der Waals surface area (Å²) in [5, 5.41) is 0. The Bertz CT molecular complexity index is 134. The summed E-state index contributed by atoms with van der Waals surface area (Å²) in [6.07, 6.45) is 1.78. The molecule has 2 heteroatoms. The van der Waals surface area contributed by atoms with Gasteiger partial charge in [-0.1, -0.05) is 0 Å². The topological polar surface area (TPSA) is 25.0 Å². The lowest BCUT2D eigenvalue weighted by molar-refractivity contribution is 0.328. The maximum absolute atomic E-state index is 5.03. The van der Waals surface area contributed by atoms with Crippen molar-refractivity contribution < 1.29 is 4.74 Å². The first-order valence-electron chi connectivity index (χ1n) is 2.61. The third-order valence-corrected chi connectivity index (χ3v) is 0.801. The number of rotatable bonds is 2. The molecular formula is C6H8NO. The average molecular weight is 110 g/mol. The smallest absolute Gasteiger partial charge is 0.199 e. The van der Waals surface area contributed by atoms with Crippen LogP contribution in [0.2, 0.25) is 0 Å². The first-order valence-corrected chi connectivity index (χ1v) is 2.61. The number of H-pyrrole nitrogens is 1. The van der Waals surface area contributed by atoms with Crippen molar-refractivity contribution in [3.05, 3.63) is 18.3 Å². The van der Waals surface area contributed by atoms with Gasteiger partial charge in [-0.2, -0.15) is 0 Å². The fraction of sp³-hybridized carbons (Fsp3) is 0.333. The molecule has 1 aromatic heterocycles.